The molecule has 2 aromatic rings. The van der Waals surface area contributed by atoms with Crippen molar-refractivity contribution in [3.8, 4) is 0 Å². The molecule has 1 aromatic heterocycles. The van der Waals surface area contributed by atoms with Crippen molar-refractivity contribution >= 4 is 17.4 Å². The summed E-state index contributed by atoms with van der Waals surface area (Å²) in [6.07, 6.45) is 0. The summed E-state index contributed by atoms with van der Waals surface area (Å²) in [5.74, 6) is 0.473. The molecule has 0 spiro atoms. The number of carbonyl (C=O) groups is 1. The van der Waals surface area contributed by atoms with Crippen molar-refractivity contribution in [1.29, 1.82) is 0 Å². The van der Waals surface area contributed by atoms with Gasteiger partial charge >= 0.3 is 0 Å². The summed E-state index contributed by atoms with van der Waals surface area (Å²) in [5, 5.41) is 9.09. The van der Waals surface area contributed by atoms with Crippen LogP contribution in [0.2, 0.25) is 0 Å². The zero-order chi connectivity index (χ0) is 13.1. The van der Waals surface area contributed by atoms with Crippen molar-refractivity contribution in [2.24, 2.45) is 0 Å². The Morgan fingerprint density at radius 1 is 1.39 bits per heavy atom. The highest BCUT2D eigenvalue weighted by Gasteiger charge is 2.09. The van der Waals surface area contributed by atoms with Gasteiger partial charge in [0, 0.05) is 11.8 Å². The van der Waals surface area contributed by atoms with E-state index in [4.69, 9.17) is 5.73 Å². The van der Waals surface area contributed by atoms with Gasteiger partial charge in [0.25, 0.3) is 5.91 Å². The molecule has 5 heteroatoms. The number of benzene rings is 1. The molecule has 1 aromatic carbocycles. The molecule has 1 heterocycles. The molecule has 0 atom stereocenters. The quantitative estimate of drug-likeness (QED) is 0.775. The minimum Gasteiger partial charge on any atom is -0.382 e. The SMILES string of the molecule is CC(C)c1cccc(NC(=O)c2cc(N)n[nH]2)c1. The third-order valence-electron chi connectivity index (χ3n) is 2.65. The highest BCUT2D eigenvalue weighted by molar-refractivity contribution is 6.03. The first-order chi connectivity index (χ1) is 8.56. The Kier molecular flexibility index (Phi) is 3.32. The summed E-state index contributed by atoms with van der Waals surface area (Å²) in [5.41, 5.74) is 7.74. The Hall–Kier alpha value is -2.30. The van der Waals surface area contributed by atoms with Gasteiger partial charge < -0.3 is 11.1 Å². The molecule has 18 heavy (non-hydrogen) atoms. The number of H-pyrrole nitrogens is 1. The number of rotatable bonds is 3. The number of nitrogens with zero attached hydrogens (tertiary/aromatic N) is 1. The maximum atomic E-state index is 11.9. The number of nitrogens with one attached hydrogen (secondary N) is 2. The number of hydrogen-bond donors (Lipinski definition) is 3. The summed E-state index contributed by atoms with van der Waals surface area (Å²) in [6, 6.07) is 9.27. The van der Waals surface area contributed by atoms with Crippen molar-refractivity contribution in [1.82, 2.24) is 10.2 Å². The van der Waals surface area contributed by atoms with Gasteiger partial charge in [0.1, 0.15) is 11.5 Å². The predicted molar refractivity (Wildman–Crippen MR) is 71.5 cm³/mol. The Balaban J connectivity index is 2.14. The van der Waals surface area contributed by atoms with Crippen LogP contribution in [0.15, 0.2) is 30.3 Å². The van der Waals surface area contributed by atoms with E-state index in [1.54, 1.807) is 0 Å². The Bertz CT molecular complexity index is 560. The molecule has 0 saturated heterocycles. The van der Waals surface area contributed by atoms with Gasteiger partial charge in [-0.3, -0.25) is 9.89 Å². The van der Waals surface area contributed by atoms with Crippen molar-refractivity contribution in [3.05, 3.63) is 41.6 Å². The zero-order valence-electron chi connectivity index (χ0n) is 10.4. The summed E-state index contributed by atoms with van der Waals surface area (Å²) in [7, 11) is 0. The van der Waals surface area contributed by atoms with Crippen LogP contribution in [0.5, 0.6) is 0 Å². The second-order valence-electron chi connectivity index (χ2n) is 4.44. The smallest absolute Gasteiger partial charge is 0.273 e. The van der Waals surface area contributed by atoms with E-state index >= 15 is 0 Å². The van der Waals surface area contributed by atoms with E-state index in [-0.39, 0.29) is 5.91 Å². The van der Waals surface area contributed by atoms with Gasteiger partial charge in [-0.15, -0.1) is 0 Å². The van der Waals surface area contributed by atoms with Gasteiger partial charge in [0.05, 0.1) is 0 Å². The number of aromatic nitrogens is 2. The van der Waals surface area contributed by atoms with E-state index < -0.39 is 0 Å². The fourth-order valence-electron chi connectivity index (χ4n) is 1.63. The highest BCUT2D eigenvalue weighted by Crippen LogP contribution is 2.19. The molecule has 4 N–H and O–H groups in total. The first-order valence-corrected chi connectivity index (χ1v) is 5.78. The number of aromatic amines is 1. The first kappa shape index (κ1) is 12.2. The van der Waals surface area contributed by atoms with Crippen molar-refractivity contribution in [2.75, 3.05) is 11.1 Å². The molecule has 0 saturated carbocycles. The average Bonchev–Trinajstić information content (AvgIpc) is 2.76. The lowest BCUT2D eigenvalue weighted by atomic mass is 10.0. The van der Waals surface area contributed by atoms with Crippen LogP contribution in [0.1, 0.15) is 35.8 Å². The maximum Gasteiger partial charge on any atom is 0.273 e. The molecule has 1 amide bonds. The van der Waals surface area contributed by atoms with Crippen LogP contribution in [-0.2, 0) is 0 Å². The third kappa shape index (κ3) is 2.68. The van der Waals surface area contributed by atoms with Crippen LogP contribution in [0, 0.1) is 0 Å². The second kappa shape index (κ2) is 4.91. The van der Waals surface area contributed by atoms with Gasteiger partial charge in [0.15, 0.2) is 0 Å². The van der Waals surface area contributed by atoms with Gasteiger partial charge in [-0.25, -0.2) is 0 Å². The van der Waals surface area contributed by atoms with Crippen LogP contribution in [0.4, 0.5) is 11.5 Å². The molecule has 5 nitrogen and oxygen atoms in total. The van der Waals surface area contributed by atoms with Crippen molar-refractivity contribution in [2.45, 2.75) is 19.8 Å². The van der Waals surface area contributed by atoms with Gasteiger partial charge in [0.2, 0.25) is 0 Å². The minimum absolute atomic E-state index is 0.250. The van der Waals surface area contributed by atoms with Crippen LogP contribution >= 0.6 is 0 Å². The van der Waals surface area contributed by atoms with E-state index in [0.717, 1.165) is 5.69 Å². The average molecular weight is 244 g/mol. The first-order valence-electron chi connectivity index (χ1n) is 5.78. The molecular weight excluding hydrogens is 228 g/mol. The monoisotopic (exact) mass is 244 g/mol. The molecule has 0 aliphatic heterocycles. The summed E-state index contributed by atoms with van der Waals surface area (Å²) >= 11 is 0. The molecule has 2 rings (SSSR count). The minimum atomic E-state index is -0.250. The van der Waals surface area contributed by atoms with E-state index in [9.17, 15) is 4.79 Å². The zero-order valence-corrected chi connectivity index (χ0v) is 10.4. The maximum absolute atomic E-state index is 11.9. The molecule has 0 bridgehead atoms. The van der Waals surface area contributed by atoms with Crippen LogP contribution < -0.4 is 11.1 Å². The number of anilines is 2. The van der Waals surface area contributed by atoms with E-state index in [1.165, 1.54) is 11.6 Å². The molecular formula is C13H16N4O. The van der Waals surface area contributed by atoms with Crippen molar-refractivity contribution in [3.63, 3.8) is 0 Å². The Morgan fingerprint density at radius 3 is 2.78 bits per heavy atom. The van der Waals surface area contributed by atoms with E-state index in [0.29, 0.717) is 17.4 Å². The summed E-state index contributed by atoms with van der Waals surface area (Å²) < 4.78 is 0. The van der Waals surface area contributed by atoms with E-state index in [1.807, 2.05) is 24.3 Å². The topological polar surface area (TPSA) is 83.8 Å². The standard InChI is InChI=1S/C13H16N4O/c1-8(2)9-4-3-5-10(6-9)15-13(18)11-7-12(14)17-16-11/h3-8H,1-2H3,(H,15,18)(H3,14,16,17). The van der Waals surface area contributed by atoms with Gasteiger partial charge in [-0.1, -0.05) is 26.0 Å². The lowest BCUT2D eigenvalue weighted by Gasteiger charge is -2.08. The van der Waals surface area contributed by atoms with E-state index in [2.05, 4.69) is 29.4 Å². The lowest BCUT2D eigenvalue weighted by molar-refractivity contribution is 0.102. The summed E-state index contributed by atoms with van der Waals surface area (Å²) in [6.45, 7) is 4.22. The Morgan fingerprint density at radius 2 is 2.17 bits per heavy atom. The van der Waals surface area contributed by atoms with Crippen LogP contribution in [-0.4, -0.2) is 16.1 Å². The normalized spacial score (nSPS) is 10.6. The predicted octanol–water partition coefficient (Wildman–Crippen LogP) is 2.37. The fourth-order valence-corrected chi connectivity index (χ4v) is 1.63. The third-order valence-corrected chi connectivity index (χ3v) is 2.65. The second-order valence-corrected chi connectivity index (χ2v) is 4.44. The van der Waals surface area contributed by atoms with Crippen LogP contribution in [0.3, 0.4) is 0 Å². The Labute approximate surface area is 105 Å². The van der Waals surface area contributed by atoms with Gasteiger partial charge in [-0.2, -0.15) is 5.10 Å². The fraction of sp³-hybridized carbons (Fsp3) is 0.231. The molecule has 0 fully saturated rings. The van der Waals surface area contributed by atoms with Crippen molar-refractivity contribution < 1.29 is 4.79 Å². The lowest BCUT2D eigenvalue weighted by Crippen LogP contribution is -2.12. The number of carbonyl (C=O) groups excluding carboxylic acids is 1. The number of hydrogen-bond acceptors (Lipinski definition) is 3. The number of nitrogens with two attached hydrogens (primary N) is 1. The molecule has 94 valence electrons. The summed E-state index contributed by atoms with van der Waals surface area (Å²) in [4.78, 5) is 11.9. The van der Waals surface area contributed by atoms with Crippen LogP contribution in [0.25, 0.3) is 0 Å². The molecule has 0 aliphatic rings. The number of amides is 1. The molecule has 0 unspecified atom stereocenters. The highest BCUT2D eigenvalue weighted by atomic mass is 16.1. The largest absolute Gasteiger partial charge is 0.382 e. The molecule has 0 aliphatic carbocycles. The molecule has 0 radical (unpaired) electrons. The van der Waals surface area contributed by atoms with Gasteiger partial charge in [-0.05, 0) is 23.6 Å². The number of nitrogen functional groups attached to an aromatic ring is 1.